The lowest BCUT2D eigenvalue weighted by molar-refractivity contribution is -0.116. The van der Waals surface area contributed by atoms with E-state index in [0.717, 1.165) is 0 Å². The lowest BCUT2D eigenvalue weighted by atomic mass is 10.1. The van der Waals surface area contributed by atoms with E-state index in [2.05, 4.69) is 5.32 Å². The van der Waals surface area contributed by atoms with Crippen LogP contribution in [0.4, 0.5) is 21.5 Å². The average Bonchev–Trinajstić information content (AvgIpc) is 2.56. The molecule has 6 heteroatoms. The number of hydrogen-bond donors (Lipinski definition) is 1. The number of carbonyl (C=O) groups excluding carboxylic acids is 2. The van der Waals surface area contributed by atoms with E-state index in [4.69, 9.17) is 4.74 Å². The summed E-state index contributed by atoms with van der Waals surface area (Å²) < 4.78 is 19.1. The summed E-state index contributed by atoms with van der Waals surface area (Å²) >= 11 is 0. The molecule has 1 heterocycles. The minimum absolute atomic E-state index is 0.0794. The summed E-state index contributed by atoms with van der Waals surface area (Å²) in [6, 6.07) is 10.9. The van der Waals surface area contributed by atoms with Gasteiger partial charge in [-0.15, -0.1) is 0 Å². The molecule has 0 radical (unpaired) electrons. The molecule has 1 aliphatic heterocycles. The second-order valence-corrected chi connectivity index (χ2v) is 4.99. The summed E-state index contributed by atoms with van der Waals surface area (Å²) in [5.41, 5.74) is 1.62. The summed E-state index contributed by atoms with van der Waals surface area (Å²) in [5.74, 6) is -1.19. The molecule has 0 saturated carbocycles. The van der Waals surface area contributed by atoms with Gasteiger partial charge in [0.1, 0.15) is 11.5 Å². The van der Waals surface area contributed by atoms with E-state index in [1.807, 2.05) is 0 Å². The Morgan fingerprint density at radius 1 is 1.26 bits per heavy atom. The highest BCUT2D eigenvalue weighted by atomic mass is 19.1. The summed E-state index contributed by atoms with van der Waals surface area (Å²) in [4.78, 5) is 25.2. The molecule has 5 nitrogen and oxygen atoms in total. The number of ether oxygens (including phenoxy) is 1. The van der Waals surface area contributed by atoms with Crippen LogP contribution in [0.5, 0.6) is 0 Å². The van der Waals surface area contributed by atoms with E-state index in [1.165, 1.54) is 11.0 Å². The molecule has 1 aliphatic rings. The summed E-state index contributed by atoms with van der Waals surface area (Å²) in [7, 11) is 0. The minimum Gasteiger partial charge on any atom is -0.462 e. The van der Waals surface area contributed by atoms with Crippen molar-refractivity contribution in [2.75, 3.05) is 23.4 Å². The molecule has 0 fully saturated rings. The molecule has 1 amide bonds. The van der Waals surface area contributed by atoms with Crippen LogP contribution in [-0.4, -0.2) is 25.0 Å². The van der Waals surface area contributed by atoms with Gasteiger partial charge in [-0.1, -0.05) is 6.07 Å². The first-order chi connectivity index (χ1) is 11.1. The third-order valence-corrected chi connectivity index (χ3v) is 3.53. The molecule has 0 saturated heterocycles. The fourth-order valence-electron chi connectivity index (χ4n) is 2.49. The minimum atomic E-state index is -0.488. The van der Waals surface area contributed by atoms with Gasteiger partial charge < -0.3 is 10.1 Å². The highest BCUT2D eigenvalue weighted by Gasteiger charge is 2.28. The molecule has 2 aromatic rings. The molecule has 0 aliphatic carbocycles. The number of esters is 1. The maximum absolute atomic E-state index is 14.2. The maximum atomic E-state index is 14.2. The molecule has 3 rings (SSSR count). The van der Waals surface area contributed by atoms with Crippen LogP contribution in [0.25, 0.3) is 0 Å². The Kier molecular flexibility index (Phi) is 3.97. The van der Waals surface area contributed by atoms with Crippen LogP contribution in [0.15, 0.2) is 42.5 Å². The van der Waals surface area contributed by atoms with Crippen molar-refractivity contribution < 1.29 is 18.7 Å². The number of rotatable bonds is 3. The van der Waals surface area contributed by atoms with Crippen molar-refractivity contribution in [3.63, 3.8) is 0 Å². The van der Waals surface area contributed by atoms with Crippen LogP contribution < -0.4 is 10.2 Å². The molecule has 1 N–H and O–H groups in total. The van der Waals surface area contributed by atoms with Gasteiger partial charge in [-0.2, -0.15) is 0 Å². The number of nitrogens with zero attached hydrogens (tertiary/aromatic N) is 1. The zero-order valence-corrected chi connectivity index (χ0v) is 12.5. The molecule has 2 aromatic carbocycles. The number of nitrogens with one attached hydrogen (secondary N) is 1. The second kappa shape index (κ2) is 6.08. The fourth-order valence-corrected chi connectivity index (χ4v) is 2.49. The first kappa shape index (κ1) is 15.0. The van der Waals surface area contributed by atoms with Gasteiger partial charge in [-0.25, -0.2) is 9.18 Å². The lowest BCUT2D eigenvalue weighted by Crippen LogP contribution is -2.37. The van der Waals surface area contributed by atoms with Crippen molar-refractivity contribution >= 4 is 28.9 Å². The lowest BCUT2D eigenvalue weighted by Gasteiger charge is -2.30. The SMILES string of the molecule is CCOC(=O)c1ccc(N2C(=O)CNc3cccc(F)c32)cc1. The van der Waals surface area contributed by atoms with Crippen LogP contribution in [0.2, 0.25) is 0 Å². The largest absolute Gasteiger partial charge is 0.462 e. The van der Waals surface area contributed by atoms with Gasteiger partial charge >= 0.3 is 5.97 Å². The standard InChI is InChI=1S/C17H15FN2O3/c1-2-23-17(22)11-6-8-12(9-7-11)20-15(21)10-19-14-5-3-4-13(18)16(14)20/h3-9,19H,2,10H2,1H3. The number of para-hydroxylation sites is 1. The van der Waals surface area contributed by atoms with Crippen LogP contribution in [0.1, 0.15) is 17.3 Å². The zero-order chi connectivity index (χ0) is 16.4. The quantitative estimate of drug-likeness (QED) is 0.885. The Bertz CT molecular complexity index is 759. The average molecular weight is 314 g/mol. The van der Waals surface area contributed by atoms with E-state index in [1.54, 1.807) is 43.3 Å². The Hall–Kier alpha value is -2.89. The maximum Gasteiger partial charge on any atom is 0.338 e. The molecule has 23 heavy (non-hydrogen) atoms. The van der Waals surface area contributed by atoms with E-state index in [0.29, 0.717) is 16.9 Å². The van der Waals surface area contributed by atoms with Crippen molar-refractivity contribution in [2.24, 2.45) is 0 Å². The third kappa shape index (κ3) is 2.75. The number of benzene rings is 2. The van der Waals surface area contributed by atoms with Crippen LogP contribution >= 0.6 is 0 Å². The van der Waals surface area contributed by atoms with E-state index in [-0.39, 0.29) is 24.7 Å². The number of carbonyl (C=O) groups is 2. The Morgan fingerprint density at radius 2 is 2.00 bits per heavy atom. The molecule has 0 aromatic heterocycles. The fraction of sp³-hybridized carbons (Fsp3) is 0.176. The Labute approximate surface area is 132 Å². The smallest absolute Gasteiger partial charge is 0.338 e. The third-order valence-electron chi connectivity index (χ3n) is 3.53. The van der Waals surface area contributed by atoms with E-state index >= 15 is 0 Å². The molecule has 0 bridgehead atoms. The molecule has 0 atom stereocenters. The van der Waals surface area contributed by atoms with Gasteiger partial charge in [0.05, 0.1) is 24.4 Å². The highest BCUT2D eigenvalue weighted by molar-refractivity contribution is 6.08. The van der Waals surface area contributed by atoms with Gasteiger partial charge in [0.25, 0.3) is 5.91 Å². The number of amides is 1. The van der Waals surface area contributed by atoms with Gasteiger partial charge in [0.2, 0.25) is 0 Å². The Morgan fingerprint density at radius 3 is 2.70 bits per heavy atom. The zero-order valence-electron chi connectivity index (χ0n) is 12.5. The van der Waals surface area contributed by atoms with Crippen molar-refractivity contribution in [1.82, 2.24) is 0 Å². The molecule has 0 unspecified atom stereocenters. The predicted octanol–water partition coefficient (Wildman–Crippen LogP) is 3.09. The summed E-state index contributed by atoms with van der Waals surface area (Å²) in [6.07, 6.45) is 0. The second-order valence-electron chi connectivity index (χ2n) is 4.99. The number of fused-ring (bicyclic) bond motifs is 1. The van der Waals surface area contributed by atoms with Crippen LogP contribution in [0, 0.1) is 5.82 Å². The molecule has 0 spiro atoms. The van der Waals surface area contributed by atoms with Crippen molar-refractivity contribution in [2.45, 2.75) is 6.92 Å². The highest BCUT2D eigenvalue weighted by Crippen LogP contribution is 2.37. The summed E-state index contributed by atoms with van der Waals surface area (Å²) in [6.45, 7) is 2.09. The number of hydrogen-bond acceptors (Lipinski definition) is 4. The molecular formula is C17H15FN2O3. The molecular weight excluding hydrogens is 299 g/mol. The monoisotopic (exact) mass is 314 g/mol. The van der Waals surface area contributed by atoms with Gasteiger partial charge in [-0.3, -0.25) is 9.69 Å². The van der Waals surface area contributed by atoms with Crippen molar-refractivity contribution in [3.05, 3.63) is 53.8 Å². The number of halogens is 1. The van der Waals surface area contributed by atoms with Gasteiger partial charge in [0, 0.05) is 5.69 Å². The Balaban J connectivity index is 1.99. The topological polar surface area (TPSA) is 58.6 Å². The van der Waals surface area contributed by atoms with Crippen molar-refractivity contribution in [1.29, 1.82) is 0 Å². The predicted molar refractivity (Wildman–Crippen MR) is 84.4 cm³/mol. The number of anilines is 3. The molecule has 118 valence electrons. The van der Waals surface area contributed by atoms with E-state index in [9.17, 15) is 14.0 Å². The van der Waals surface area contributed by atoms with Crippen LogP contribution in [0.3, 0.4) is 0 Å². The van der Waals surface area contributed by atoms with Crippen molar-refractivity contribution in [3.8, 4) is 0 Å². The van der Waals surface area contributed by atoms with E-state index < -0.39 is 11.8 Å². The first-order valence-corrected chi connectivity index (χ1v) is 7.24. The van der Waals surface area contributed by atoms with Crippen LogP contribution in [-0.2, 0) is 9.53 Å². The van der Waals surface area contributed by atoms with Gasteiger partial charge in [0.15, 0.2) is 0 Å². The normalized spacial score (nSPS) is 13.3. The summed E-state index contributed by atoms with van der Waals surface area (Å²) in [5, 5.41) is 2.89. The first-order valence-electron chi connectivity index (χ1n) is 7.24. The van der Waals surface area contributed by atoms with Gasteiger partial charge in [-0.05, 0) is 43.3 Å².